The third kappa shape index (κ3) is 1.49. The van der Waals surface area contributed by atoms with Gasteiger partial charge in [-0.3, -0.25) is 9.00 Å². The molecule has 2 fully saturated rings. The van der Waals surface area contributed by atoms with E-state index < -0.39 is 36.2 Å². The van der Waals surface area contributed by atoms with Crippen LogP contribution in [0, 0.1) is 0 Å². The van der Waals surface area contributed by atoms with Gasteiger partial charge in [0.25, 0.3) is 5.91 Å². The van der Waals surface area contributed by atoms with E-state index in [1.807, 2.05) is 0 Å². The zero-order valence-corrected chi connectivity index (χ0v) is 13.4. The molecule has 2 rings (SSSR count). The van der Waals surface area contributed by atoms with Gasteiger partial charge in [0.2, 0.25) is 0 Å². The molecule has 0 radical (unpaired) electrons. The molecule has 2 aliphatic heterocycles. The zero-order valence-electron chi connectivity index (χ0n) is 9.40. The van der Waals surface area contributed by atoms with E-state index in [0.29, 0.717) is 0 Å². The summed E-state index contributed by atoms with van der Waals surface area (Å²) in [5.41, 5.74) is 0. The van der Waals surface area contributed by atoms with Gasteiger partial charge in [0.05, 0.1) is 22.7 Å². The highest BCUT2D eigenvalue weighted by atomic mass is 79.9. The fourth-order valence-electron chi connectivity index (χ4n) is 2.22. The molecule has 0 aromatic heterocycles. The Morgan fingerprint density at radius 3 is 2.47 bits per heavy atom. The van der Waals surface area contributed by atoms with Crippen molar-refractivity contribution in [3.63, 3.8) is 0 Å². The summed E-state index contributed by atoms with van der Waals surface area (Å²) >= 11 is 6.42. The maximum atomic E-state index is 12.3. The summed E-state index contributed by atoms with van der Waals surface area (Å²) in [4.78, 5) is 25.0. The minimum absolute atomic E-state index is 0.295. The Morgan fingerprint density at radius 1 is 1.47 bits per heavy atom. The first-order valence-corrected chi connectivity index (χ1v) is 7.66. The fourth-order valence-corrected chi connectivity index (χ4v) is 5.89. The molecule has 0 N–H and O–H groups in total. The van der Waals surface area contributed by atoms with Gasteiger partial charge in [0.1, 0.15) is 11.4 Å². The molecule has 8 heteroatoms. The van der Waals surface area contributed by atoms with Gasteiger partial charge >= 0.3 is 5.97 Å². The maximum Gasteiger partial charge on any atom is 0.330 e. The van der Waals surface area contributed by atoms with Crippen LogP contribution in [0.15, 0.2) is 0 Å². The Kier molecular flexibility index (Phi) is 2.99. The molecule has 0 aliphatic carbocycles. The molecule has 2 saturated heterocycles. The quantitative estimate of drug-likeness (QED) is 0.377. The van der Waals surface area contributed by atoms with Crippen molar-refractivity contribution in [1.29, 1.82) is 0 Å². The van der Waals surface area contributed by atoms with Gasteiger partial charge in [0.15, 0.2) is 3.23 Å². The van der Waals surface area contributed by atoms with Crippen LogP contribution in [0.4, 0.5) is 0 Å². The lowest BCUT2D eigenvalue weighted by Crippen LogP contribution is -2.69. The number of esters is 1. The number of methoxy groups -OCH3 is 1. The van der Waals surface area contributed by atoms with E-state index in [2.05, 4.69) is 36.6 Å². The predicted octanol–water partition coefficient (Wildman–Crippen LogP) is 0.723. The number of carbonyl (C=O) groups is 2. The number of fused-ring (bicyclic) bond motifs is 1. The summed E-state index contributed by atoms with van der Waals surface area (Å²) in [5, 5.41) is -0.547. The second-order valence-electron chi connectivity index (χ2n) is 4.51. The molecule has 0 aromatic carbocycles. The van der Waals surface area contributed by atoms with Crippen LogP contribution in [0.2, 0.25) is 0 Å². The lowest BCUT2D eigenvalue weighted by molar-refractivity contribution is -0.159. The highest BCUT2D eigenvalue weighted by Crippen LogP contribution is 2.55. The van der Waals surface area contributed by atoms with Crippen LogP contribution in [0.25, 0.3) is 0 Å². The van der Waals surface area contributed by atoms with Crippen molar-refractivity contribution < 1.29 is 18.5 Å². The second-order valence-corrected chi connectivity index (χ2v) is 10.2. The molecule has 2 heterocycles. The Morgan fingerprint density at radius 2 is 2.00 bits per heavy atom. The Balaban J connectivity index is 2.47. The summed E-state index contributed by atoms with van der Waals surface area (Å²) in [6, 6.07) is -0.797. The number of carbonyl (C=O) groups excluding carboxylic acids is 2. The number of β-lactam (4-membered cyclic amide) rings is 1. The molecular weight excluding hydrogens is 378 g/mol. The summed E-state index contributed by atoms with van der Waals surface area (Å²) in [7, 11) is -0.0947. The molecular formula is C9H11Br2NO4S. The molecule has 0 bridgehead atoms. The molecule has 0 spiro atoms. The van der Waals surface area contributed by atoms with Gasteiger partial charge in [-0.1, -0.05) is 31.9 Å². The Bertz CT molecular complexity index is 437. The minimum Gasteiger partial charge on any atom is -0.467 e. The molecule has 2 aliphatic rings. The van der Waals surface area contributed by atoms with Gasteiger partial charge in [-0.25, -0.2) is 4.79 Å². The predicted molar refractivity (Wildman–Crippen MR) is 69.2 cm³/mol. The van der Waals surface area contributed by atoms with Crippen LogP contribution in [0.1, 0.15) is 13.8 Å². The van der Waals surface area contributed by atoms with Crippen molar-refractivity contribution >= 4 is 54.5 Å². The van der Waals surface area contributed by atoms with Crippen molar-refractivity contribution in [3.8, 4) is 0 Å². The Hall–Kier alpha value is 0.0500. The van der Waals surface area contributed by atoms with Crippen molar-refractivity contribution in [3.05, 3.63) is 0 Å². The summed E-state index contributed by atoms with van der Waals surface area (Å²) in [6.45, 7) is 3.40. The topological polar surface area (TPSA) is 63.7 Å². The van der Waals surface area contributed by atoms with E-state index in [4.69, 9.17) is 0 Å². The van der Waals surface area contributed by atoms with Crippen LogP contribution in [-0.4, -0.2) is 47.5 Å². The number of ether oxygens (including phenoxy) is 1. The number of hydrogen-bond donors (Lipinski definition) is 0. The van der Waals surface area contributed by atoms with Gasteiger partial charge < -0.3 is 9.64 Å². The normalized spacial score (nSPS) is 37.4. The number of hydrogen-bond acceptors (Lipinski definition) is 4. The van der Waals surface area contributed by atoms with Crippen LogP contribution in [-0.2, 0) is 25.1 Å². The van der Waals surface area contributed by atoms with Gasteiger partial charge in [0, 0.05) is 0 Å². The maximum absolute atomic E-state index is 12.3. The molecule has 1 amide bonds. The smallest absolute Gasteiger partial charge is 0.330 e. The first-order chi connectivity index (χ1) is 7.67. The van der Waals surface area contributed by atoms with E-state index in [1.165, 1.54) is 12.0 Å². The van der Waals surface area contributed by atoms with Crippen molar-refractivity contribution in [2.45, 2.75) is 33.2 Å². The minimum atomic E-state index is -1.35. The van der Waals surface area contributed by atoms with Crippen molar-refractivity contribution in [2.75, 3.05) is 7.11 Å². The molecule has 17 heavy (non-hydrogen) atoms. The standard InChI is InChI=1S/C9H11Br2NO4S/c1-8(2)4(5(13)16-3)12-6(14)9(10,11)7(12)17(8)15/h4,7H,1-3H3. The molecule has 0 aromatic rings. The van der Waals surface area contributed by atoms with Crippen LogP contribution >= 0.6 is 31.9 Å². The number of amides is 1. The largest absolute Gasteiger partial charge is 0.467 e. The van der Waals surface area contributed by atoms with Gasteiger partial charge in [-0.05, 0) is 13.8 Å². The summed E-state index contributed by atoms with van der Waals surface area (Å²) in [6.07, 6.45) is 0. The fraction of sp³-hybridized carbons (Fsp3) is 0.778. The van der Waals surface area contributed by atoms with E-state index in [1.54, 1.807) is 13.8 Å². The Labute approximate surface area is 118 Å². The molecule has 96 valence electrons. The molecule has 5 nitrogen and oxygen atoms in total. The third-order valence-corrected chi connectivity index (χ3v) is 7.56. The van der Waals surface area contributed by atoms with Gasteiger partial charge in [-0.15, -0.1) is 0 Å². The third-order valence-electron chi connectivity index (χ3n) is 3.16. The van der Waals surface area contributed by atoms with Gasteiger partial charge in [-0.2, -0.15) is 0 Å². The second kappa shape index (κ2) is 3.77. The summed E-state index contributed by atoms with van der Waals surface area (Å²) in [5.74, 6) is -0.827. The first-order valence-electron chi connectivity index (χ1n) is 4.86. The first kappa shape index (κ1) is 13.5. The number of halogens is 2. The van der Waals surface area contributed by atoms with E-state index in [0.717, 1.165) is 0 Å². The van der Waals surface area contributed by atoms with E-state index in [9.17, 15) is 13.8 Å². The summed E-state index contributed by atoms with van der Waals surface area (Å²) < 4.78 is 15.2. The lowest BCUT2D eigenvalue weighted by Gasteiger charge is -2.45. The molecule has 3 atom stereocenters. The van der Waals surface area contributed by atoms with Crippen LogP contribution in [0.3, 0.4) is 0 Å². The van der Waals surface area contributed by atoms with Crippen molar-refractivity contribution in [2.24, 2.45) is 0 Å². The average molecular weight is 389 g/mol. The van der Waals surface area contributed by atoms with Crippen LogP contribution in [0.5, 0.6) is 0 Å². The highest BCUT2D eigenvalue weighted by Gasteiger charge is 2.73. The average Bonchev–Trinajstić information content (AvgIpc) is 2.45. The number of rotatable bonds is 1. The SMILES string of the molecule is COC(=O)C1N2C(=O)C(Br)(Br)C2S(=O)C1(C)C. The monoisotopic (exact) mass is 387 g/mol. The van der Waals surface area contributed by atoms with E-state index in [-0.39, 0.29) is 5.91 Å². The molecule has 0 saturated carbocycles. The zero-order chi connectivity index (χ0) is 13.2. The highest BCUT2D eigenvalue weighted by molar-refractivity contribution is 9.26. The number of alkyl halides is 2. The lowest BCUT2D eigenvalue weighted by atomic mass is 9.98. The number of nitrogens with zero attached hydrogens (tertiary/aromatic N) is 1. The molecule has 3 unspecified atom stereocenters. The van der Waals surface area contributed by atoms with E-state index >= 15 is 0 Å². The van der Waals surface area contributed by atoms with Crippen molar-refractivity contribution in [1.82, 2.24) is 4.90 Å². The van der Waals surface area contributed by atoms with Crippen LogP contribution < -0.4 is 0 Å².